The molecule has 2 bridgehead atoms. The number of aromatic nitrogens is 2. The molecule has 5 rings (SSSR count). The normalized spacial score (nSPS) is 28.8. The van der Waals surface area contributed by atoms with E-state index < -0.39 is 11.6 Å². The highest BCUT2D eigenvalue weighted by Gasteiger charge is 2.39. The van der Waals surface area contributed by atoms with Crippen molar-refractivity contribution in [3.8, 4) is 11.1 Å². The van der Waals surface area contributed by atoms with Gasteiger partial charge < -0.3 is 5.32 Å². The number of anilines is 1. The molecule has 0 radical (unpaired) electrons. The number of piperidine rings is 3. The first-order valence-corrected chi connectivity index (χ1v) is 8.40. The summed E-state index contributed by atoms with van der Waals surface area (Å²) >= 11 is 0. The molecule has 2 atom stereocenters. The molecule has 126 valence electrons. The lowest BCUT2D eigenvalue weighted by Gasteiger charge is -2.49. The van der Waals surface area contributed by atoms with E-state index in [4.69, 9.17) is 0 Å². The minimum atomic E-state index is -0.865. The Balaban J connectivity index is 1.50. The first kappa shape index (κ1) is 15.4. The van der Waals surface area contributed by atoms with Crippen LogP contribution in [0.2, 0.25) is 0 Å². The summed E-state index contributed by atoms with van der Waals surface area (Å²) in [6.45, 7) is 4.61. The van der Waals surface area contributed by atoms with E-state index >= 15 is 0 Å². The van der Waals surface area contributed by atoms with Gasteiger partial charge >= 0.3 is 0 Å². The van der Waals surface area contributed by atoms with Gasteiger partial charge in [-0.15, -0.1) is 0 Å². The monoisotopic (exact) mass is 330 g/mol. The third-order valence-electron chi connectivity index (χ3n) is 5.38. The maximum Gasteiger partial charge on any atom is 0.222 e. The van der Waals surface area contributed by atoms with Crippen LogP contribution in [0, 0.1) is 17.6 Å². The van der Waals surface area contributed by atoms with Gasteiger partial charge in [0.25, 0.3) is 0 Å². The second-order valence-electron chi connectivity index (χ2n) is 6.71. The highest BCUT2D eigenvalue weighted by atomic mass is 19.2. The number of hydrogen-bond donors (Lipinski definition) is 1. The first-order chi connectivity index (χ1) is 11.6. The molecule has 2 aromatic rings. The third kappa shape index (κ3) is 2.75. The molecule has 6 heteroatoms. The second kappa shape index (κ2) is 6.09. The van der Waals surface area contributed by atoms with Gasteiger partial charge in [0, 0.05) is 30.0 Å². The minimum absolute atomic E-state index is 0.363. The van der Waals surface area contributed by atoms with Gasteiger partial charge in [-0.25, -0.2) is 18.7 Å². The van der Waals surface area contributed by atoms with E-state index in [0.29, 0.717) is 35.1 Å². The van der Waals surface area contributed by atoms with E-state index in [1.54, 1.807) is 12.4 Å². The zero-order valence-electron chi connectivity index (χ0n) is 13.5. The second-order valence-corrected chi connectivity index (χ2v) is 6.71. The van der Waals surface area contributed by atoms with E-state index in [-0.39, 0.29) is 0 Å². The lowest BCUT2D eigenvalue weighted by atomic mass is 9.79. The summed E-state index contributed by atoms with van der Waals surface area (Å²) < 4.78 is 26.4. The predicted molar refractivity (Wildman–Crippen MR) is 88.6 cm³/mol. The van der Waals surface area contributed by atoms with Gasteiger partial charge in [-0.05, 0) is 56.5 Å². The standard InChI is InChI=1S/C18H20F2N4/c1-11-17(12-4-6-24(11)7-5-12)23-18-21-9-14(10-22-18)13-2-3-15(19)16(20)8-13/h2-3,8-12,17H,4-7H2,1H3,(H,21,22,23)/t11-,17-/m1/s1. The molecule has 1 N–H and O–H groups in total. The van der Waals surface area contributed by atoms with Gasteiger partial charge in [0.2, 0.25) is 5.95 Å². The molecule has 0 aliphatic carbocycles. The van der Waals surface area contributed by atoms with Crippen molar-refractivity contribution in [2.45, 2.75) is 31.8 Å². The molecule has 0 spiro atoms. The first-order valence-electron chi connectivity index (χ1n) is 8.40. The highest BCUT2D eigenvalue weighted by Crippen LogP contribution is 2.33. The molecule has 24 heavy (non-hydrogen) atoms. The number of benzene rings is 1. The Morgan fingerprint density at radius 1 is 1.04 bits per heavy atom. The number of rotatable bonds is 3. The van der Waals surface area contributed by atoms with Crippen LogP contribution in [0.3, 0.4) is 0 Å². The Morgan fingerprint density at radius 3 is 2.38 bits per heavy atom. The number of nitrogens with zero attached hydrogens (tertiary/aromatic N) is 3. The Labute approximate surface area is 139 Å². The lowest BCUT2D eigenvalue weighted by molar-refractivity contribution is 0.0455. The Kier molecular flexibility index (Phi) is 3.92. The predicted octanol–water partition coefficient (Wildman–Crippen LogP) is 3.32. The number of hydrogen-bond acceptors (Lipinski definition) is 4. The fourth-order valence-corrected chi connectivity index (χ4v) is 3.92. The summed E-state index contributed by atoms with van der Waals surface area (Å²) in [5.74, 6) is -0.462. The summed E-state index contributed by atoms with van der Waals surface area (Å²) in [6, 6.07) is 4.65. The van der Waals surface area contributed by atoms with Crippen molar-refractivity contribution in [2.75, 3.05) is 18.4 Å². The van der Waals surface area contributed by atoms with Gasteiger partial charge in [0.05, 0.1) is 0 Å². The van der Waals surface area contributed by atoms with Crippen LogP contribution >= 0.6 is 0 Å². The van der Waals surface area contributed by atoms with Gasteiger partial charge in [-0.1, -0.05) is 6.07 Å². The molecule has 1 aromatic heterocycles. The van der Waals surface area contributed by atoms with Gasteiger partial charge in [0.1, 0.15) is 0 Å². The molecule has 0 amide bonds. The summed E-state index contributed by atoms with van der Waals surface area (Å²) in [6.07, 6.45) is 5.73. The zero-order valence-corrected chi connectivity index (χ0v) is 13.5. The average Bonchev–Trinajstić information content (AvgIpc) is 2.61. The number of fused-ring (bicyclic) bond motifs is 3. The van der Waals surface area contributed by atoms with E-state index in [1.807, 2.05) is 0 Å². The smallest absolute Gasteiger partial charge is 0.222 e. The average molecular weight is 330 g/mol. The van der Waals surface area contributed by atoms with Crippen molar-refractivity contribution in [3.63, 3.8) is 0 Å². The van der Waals surface area contributed by atoms with E-state index in [9.17, 15) is 8.78 Å². The van der Waals surface area contributed by atoms with E-state index in [1.165, 1.54) is 32.0 Å². The number of nitrogens with one attached hydrogen (secondary N) is 1. The van der Waals surface area contributed by atoms with E-state index in [2.05, 4.69) is 27.1 Å². The van der Waals surface area contributed by atoms with Crippen LogP contribution in [0.25, 0.3) is 11.1 Å². The van der Waals surface area contributed by atoms with Crippen molar-refractivity contribution < 1.29 is 8.78 Å². The molecule has 1 aromatic carbocycles. The van der Waals surface area contributed by atoms with Crippen LogP contribution in [-0.4, -0.2) is 40.0 Å². The minimum Gasteiger partial charge on any atom is -0.350 e. The molecular weight excluding hydrogens is 310 g/mol. The molecule has 0 saturated carbocycles. The molecule has 4 nitrogen and oxygen atoms in total. The third-order valence-corrected chi connectivity index (χ3v) is 5.38. The van der Waals surface area contributed by atoms with Crippen molar-refractivity contribution in [1.29, 1.82) is 0 Å². The van der Waals surface area contributed by atoms with Crippen LogP contribution in [0.4, 0.5) is 14.7 Å². The molecule has 3 fully saturated rings. The van der Waals surface area contributed by atoms with Crippen LogP contribution < -0.4 is 5.32 Å². The maximum absolute atomic E-state index is 13.3. The summed E-state index contributed by atoms with van der Waals surface area (Å²) in [4.78, 5) is 11.2. The molecule has 4 heterocycles. The Morgan fingerprint density at radius 2 is 1.75 bits per heavy atom. The maximum atomic E-state index is 13.3. The molecular formula is C18H20F2N4. The Bertz CT molecular complexity index is 724. The summed E-state index contributed by atoms with van der Waals surface area (Å²) in [5.41, 5.74) is 1.23. The van der Waals surface area contributed by atoms with Crippen LogP contribution in [0.15, 0.2) is 30.6 Å². The van der Waals surface area contributed by atoms with Crippen molar-refractivity contribution in [2.24, 2.45) is 5.92 Å². The fourth-order valence-electron chi connectivity index (χ4n) is 3.92. The molecule has 3 aliphatic heterocycles. The van der Waals surface area contributed by atoms with Crippen LogP contribution in [0.5, 0.6) is 0 Å². The van der Waals surface area contributed by atoms with Gasteiger partial charge in [-0.3, -0.25) is 4.90 Å². The lowest BCUT2D eigenvalue weighted by Crippen LogP contribution is -2.59. The zero-order chi connectivity index (χ0) is 16.7. The molecule has 3 aliphatic rings. The van der Waals surface area contributed by atoms with Crippen molar-refractivity contribution >= 4 is 5.95 Å². The SMILES string of the molecule is C[C@@H]1[C@@H](Nc2ncc(-c3ccc(F)c(F)c3)cn2)C2CCN1CC2. The quantitative estimate of drug-likeness (QED) is 0.937. The van der Waals surface area contributed by atoms with Gasteiger partial charge in [-0.2, -0.15) is 0 Å². The van der Waals surface area contributed by atoms with Crippen molar-refractivity contribution in [3.05, 3.63) is 42.2 Å². The molecule has 3 saturated heterocycles. The largest absolute Gasteiger partial charge is 0.350 e. The summed E-state index contributed by atoms with van der Waals surface area (Å²) in [5, 5.41) is 3.46. The number of halogens is 2. The van der Waals surface area contributed by atoms with E-state index in [0.717, 1.165) is 12.1 Å². The van der Waals surface area contributed by atoms with Crippen LogP contribution in [0.1, 0.15) is 19.8 Å². The van der Waals surface area contributed by atoms with Crippen molar-refractivity contribution in [1.82, 2.24) is 14.9 Å². The Hall–Kier alpha value is -2.08. The highest BCUT2D eigenvalue weighted by molar-refractivity contribution is 5.62. The van der Waals surface area contributed by atoms with Crippen LogP contribution in [-0.2, 0) is 0 Å². The fraction of sp³-hybridized carbons (Fsp3) is 0.444. The summed E-state index contributed by atoms with van der Waals surface area (Å²) in [7, 11) is 0. The molecule has 0 unspecified atom stereocenters. The van der Waals surface area contributed by atoms with Gasteiger partial charge in [0.15, 0.2) is 11.6 Å². The topological polar surface area (TPSA) is 41.1 Å².